The van der Waals surface area contributed by atoms with E-state index in [1.807, 2.05) is 6.92 Å². The minimum absolute atomic E-state index is 0.103. The third-order valence-electron chi connectivity index (χ3n) is 3.07. The highest BCUT2D eigenvalue weighted by atomic mass is 19.1. The number of morpholine rings is 1. The fourth-order valence-corrected chi connectivity index (χ4v) is 1.99. The van der Waals surface area contributed by atoms with Gasteiger partial charge in [-0.2, -0.15) is 0 Å². The molecular formula is C14H18FNO3. The van der Waals surface area contributed by atoms with Gasteiger partial charge >= 0.3 is 0 Å². The van der Waals surface area contributed by atoms with Crippen molar-refractivity contribution < 1.29 is 18.7 Å². The number of para-hydroxylation sites is 1. The summed E-state index contributed by atoms with van der Waals surface area (Å²) in [6, 6.07) is 6.13. The molecule has 1 aliphatic heterocycles. The summed E-state index contributed by atoms with van der Waals surface area (Å²) in [5, 5.41) is 0. The molecule has 0 aliphatic carbocycles. The lowest BCUT2D eigenvalue weighted by Crippen LogP contribution is -2.47. The van der Waals surface area contributed by atoms with E-state index in [0.29, 0.717) is 32.7 Å². The van der Waals surface area contributed by atoms with Gasteiger partial charge in [-0.3, -0.25) is 4.79 Å². The number of halogens is 1. The van der Waals surface area contributed by atoms with E-state index in [0.717, 1.165) is 0 Å². The van der Waals surface area contributed by atoms with Crippen LogP contribution in [0.3, 0.4) is 0 Å². The van der Waals surface area contributed by atoms with Crippen LogP contribution in [0.2, 0.25) is 0 Å². The zero-order valence-corrected chi connectivity index (χ0v) is 11.0. The van der Waals surface area contributed by atoms with Crippen LogP contribution in [-0.2, 0) is 9.53 Å². The molecule has 0 N–H and O–H groups in total. The van der Waals surface area contributed by atoms with E-state index in [1.54, 1.807) is 17.0 Å². The smallest absolute Gasteiger partial charge is 0.263 e. The predicted octanol–water partition coefficient (Wildman–Crippen LogP) is 1.84. The molecular weight excluding hydrogens is 249 g/mol. The molecule has 4 nitrogen and oxygen atoms in total. The van der Waals surface area contributed by atoms with Crippen LogP contribution in [0.25, 0.3) is 0 Å². The third kappa shape index (κ3) is 3.44. The molecule has 0 radical (unpaired) electrons. The summed E-state index contributed by atoms with van der Waals surface area (Å²) in [5.41, 5.74) is 0. The molecule has 1 saturated heterocycles. The van der Waals surface area contributed by atoms with Crippen molar-refractivity contribution in [1.29, 1.82) is 0 Å². The minimum Gasteiger partial charge on any atom is -0.478 e. The fraction of sp³-hybridized carbons (Fsp3) is 0.500. The lowest BCUT2D eigenvalue weighted by molar-refractivity contribution is -0.143. The van der Waals surface area contributed by atoms with Crippen LogP contribution in [0.4, 0.5) is 4.39 Å². The van der Waals surface area contributed by atoms with Gasteiger partial charge in [-0.1, -0.05) is 19.1 Å². The first-order valence-corrected chi connectivity index (χ1v) is 6.50. The predicted molar refractivity (Wildman–Crippen MR) is 68.5 cm³/mol. The second-order valence-corrected chi connectivity index (χ2v) is 4.38. The Labute approximate surface area is 112 Å². The molecule has 1 unspecified atom stereocenters. The molecule has 1 aliphatic rings. The zero-order chi connectivity index (χ0) is 13.7. The van der Waals surface area contributed by atoms with Gasteiger partial charge in [0.05, 0.1) is 13.2 Å². The number of amides is 1. The molecule has 1 atom stereocenters. The van der Waals surface area contributed by atoms with Crippen LogP contribution < -0.4 is 4.74 Å². The summed E-state index contributed by atoms with van der Waals surface area (Å²) < 4.78 is 24.2. The Morgan fingerprint density at radius 3 is 2.74 bits per heavy atom. The van der Waals surface area contributed by atoms with E-state index in [4.69, 9.17) is 9.47 Å². The first-order valence-electron chi connectivity index (χ1n) is 6.50. The highest BCUT2D eigenvalue weighted by Gasteiger charge is 2.26. The van der Waals surface area contributed by atoms with Crippen molar-refractivity contribution in [2.24, 2.45) is 0 Å². The van der Waals surface area contributed by atoms with Gasteiger partial charge in [-0.25, -0.2) is 4.39 Å². The molecule has 0 saturated carbocycles. The Kier molecular flexibility index (Phi) is 4.74. The Morgan fingerprint density at radius 2 is 2.11 bits per heavy atom. The molecule has 5 heteroatoms. The molecule has 0 bridgehead atoms. The third-order valence-corrected chi connectivity index (χ3v) is 3.07. The van der Waals surface area contributed by atoms with Crippen molar-refractivity contribution in [2.75, 3.05) is 26.3 Å². The number of hydrogen-bond donors (Lipinski definition) is 0. The minimum atomic E-state index is -0.644. The second-order valence-electron chi connectivity index (χ2n) is 4.38. The summed E-state index contributed by atoms with van der Waals surface area (Å²) in [5.74, 6) is -0.430. The van der Waals surface area contributed by atoms with E-state index in [2.05, 4.69) is 0 Å². The molecule has 0 aromatic heterocycles. The molecule has 2 rings (SSSR count). The number of ether oxygens (including phenoxy) is 2. The average molecular weight is 267 g/mol. The quantitative estimate of drug-likeness (QED) is 0.835. The number of rotatable bonds is 4. The molecule has 1 amide bonds. The topological polar surface area (TPSA) is 38.8 Å². The van der Waals surface area contributed by atoms with Crippen LogP contribution in [0.15, 0.2) is 24.3 Å². The van der Waals surface area contributed by atoms with E-state index in [1.165, 1.54) is 12.1 Å². The number of hydrogen-bond acceptors (Lipinski definition) is 3. The largest absolute Gasteiger partial charge is 0.478 e. The van der Waals surface area contributed by atoms with Gasteiger partial charge in [0.25, 0.3) is 5.91 Å². The van der Waals surface area contributed by atoms with Crippen LogP contribution in [-0.4, -0.2) is 43.2 Å². The average Bonchev–Trinajstić information content (AvgIpc) is 2.47. The second kappa shape index (κ2) is 6.52. The van der Waals surface area contributed by atoms with E-state index in [9.17, 15) is 9.18 Å². The molecule has 19 heavy (non-hydrogen) atoms. The summed E-state index contributed by atoms with van der Waals surface area (Å²) in [6.45, 7) is 4.07. The highest BCUT2D eigenvalue weighted by molar-refractivity contribution is 5.81. The fourth-order valence-electron chi connectivity index (χ4n) is 1.99. The van der Waals surface area contributed by atoms with E-state index >= 15 is 0 Å². The highest BCUT2D eigenvalue weighted by Crippen LogP contribution is 2.19. The number of carbonyl (C=O) groups excluding carboxylic acids is 1. The lowest BCUT2D eigenvalue weighted by atomic mass is 10.2. The molecule has 104 valence electrons. The maximum atomic E-state index is 13.5. The number of benzene rings is 1. The maximum Gasteiger partial charge on any atom is 0.263 e. The normalized spacial score (nSPS) is 17.1. The summed E-state index contributed by atoms with van der Waals surface area (Å²) in [6.07, 6.45) is -0.139. The lowest BCUT2D eigenvalue weighted by Gasteiger charge is -2.30. The Morgan fingerprint density at radius 1 is 1.42 bits per heavy atom. The van der Waals surface area contributed by atoms with Crippen LogP contribution in [0.1, 0.15) is 13.3 Å². The van der Waals surface area contributed by atoms with Gasteiger partial charge in [-0.15, -0.1) is 0 Å². The van der Waals surface area contributed by atoms with Crippen molar-refractivity contribution in [2.45, 2.75) is 19.4 Å². The van der Waals surface area contributed by atoms with Crippen molar-refractivity contribution in [3.05, 3.63) is 30.1 Å². The van der Waals surface area contributed by atoms with Gasteiger partial charge < -0.3 is 14.4 Å². The van der Waals surface area contributed by atoms with Gasteiger partial charge in [0.15, 0.2) is 17.7 Å². The first-order chi connectivity index (χ1) is 9.22. The zero-order valence-electron chi connectivity index (χ0n) is 11.0. The first kappa shape index (κ1) is 13.8. The summed E-state index contributed by atoms with van der Waals surface area (Å²) in [4.78, 5) is 14.0. The van der Waals surface area contributed by atoms with Crippen LogP contribution in [0.5, 0.6) is 5.75 Å². The summed E-state index contributed by atoms with van der Waals surface area (Å²) >= 11 is 0. The molecule has 0 spiro atoms. The van der Waals surface area contributed by atoms with Gasteiger partial charge in [0.2, 0.25) is 0 Å². The molecule has 1 fully saturated rings. The van der Waals surface area contributed by atoms with Crippen molar-refractivity contribution >= 4 is 5.91 Å². The van der Waals surface area contributed by atoms with Gasteiger partial charge in [-0.05, 0) is 18.6 Å². The van der Waals surface area contributed by atoms with Gasteiger partial charge in [0, 0.05) is 13.1 Å². The van der Waals surface area contributed by atoms with Crippen molar-refractivity contribution in [3.63, 3.8) is 0 Å². The molecule has 1 aromatic rings. The Balaban J connectivity index is 2.03. The number of nitrogens with zero attached hydrogens (tertiary/aromatic N) is 1. The molecule has 1 heterocycles. The van der Waals surface area contributed by atoms with E-state index in [-0.39, 0.29) is 11.7 Å². The van der Waals surface area contributed by atoms with Crippen LogP contribution in [0, 0.1) is 5.82 Å². The van der Waals surface area contributed by atoms with Crippen molar-refractivity contribution in [3.8, 4) is 5.75 Å². The Hall–Kier alpha value is -1.62. The Bertz CT molecular complexity index is 432. The maximum absolute atomic E-state index is 13.5. The van der Waals surface area contributed by atoms with Gasteiger partial charge in [0.1, 0.15) is 0 Å². The standard InChI is InChI=1S/C14H18FNO3/c1-2-12(14(17)16-7-9-18-10-8-16)19-13-6-4-3-5-11(13)15/h3-6,12H,2,7-10H2,1H3. The van der Waals surface area contributed by atoms with Crippen LogP contribution >= 0.6 is 0 Å². The van der Waals surface area contributed by atoms with E-state index < -0.39 is 11.9 Å². The SMILES string of the molecule is CCC(Oc1ccccc1F)C(=O)N1CCOCC1. The number of carbonyl (C=O) groups is 1. The monoisotopic (exact) mass is 267 g/mol. The van der Waals surface area contributed by atoms with Crippen molar-refractivity contribution in [1.82, 2.24) is 4.90 Å². The summed E-state index contributed by atoms with van der Waals surface area (Å²) in [7, 11) is 0. The molecule has 1 aromatic carbocycles.